The molecule has 0 aliphatic carbocycles. The van der Waals surface area contributed by atoms with Crippen molar-refractivity contribution in [1.29, 1.82) is 0 Å². The number of benzene rings is 2. The molecule has 4 aromatic rings. The van der Waals surface area contributed by atoms with Crippen molar-refractivity contribution in [3.63, 3.8) is 0 Å². The minimum absolute atomic E-state index is 0.792. The largest absolute Gasteiger partial charge is 0.366 e. The van der Waals surface area contributed by atoms with E-state index in [1.807, 2.05) is 0 Å². The van der Waals surface area contributed by atoms with Gasteiger partial charge in [-0.2, -0.15) is 0 Å². The molecule has 2 aromatic carbocycles. The predicted octanol–water partition coefficient (Wildman–Crippen LogP) is 5.35. The molecule has 0 amide bonds. The predicted molar refractivity (Wildman–Crippen MR) is 112 cm³/mol. The summed E-state index contributed by atoms with van der Waals surface area (Å²) in [5.41, 5.74) is 7.21. The topological polar surface area (TPSA) is 29.3 Å². The summed E-state index contributed by atoms with van der Waals surface area (Å²) >= 11 is 0. The Morgan fingerprint density at radius 1 is 0.815 bits per heavy atom. The van der Waals surface area contributed by atoms with E-state index in [1.54, 1.807) is 0 Å². The number of imidazole rings is 1. The summed E-state index contributed by atoms with van der Waals surface area (Å²) in [6.07, 6.45) is 1.91. The molecule has 27 heavy (non-hydrogen) atoms. The Hall–Kier alpha value is -3.07. The monoisotopic (exact) mass is 355 g/mol. The standard InChI is InChI=1S/C24H25N3/c1-18-15-19(2)27-23(16-18)26-22(14-13-20-9-5-3-6-10-20)24(27)25-17-21-11-7-4-8-12-21/h3-12,15-16,25H,13-14,17H2,1-2H3. The van der Waals surface area contributed by atoms with E-state index in [1.165, 1.54) is 22.4 Å². The summed E-state index contributed by atoms with van der Waals surface area (Å²) in [5.74, 6) is 1.11. The first-order valence-electron chi connectivity index (χ1n) is 9.51. The molecule has 0 saturated carbocycles. The van der Waals surface area contributed by atoms with Gasteiger partial charge in [0.25, 0.3) is 0 Å². The van der Waals surface area contributed by atoms with Gasteiger partial charge >= 0.3 is 0 Å². The third-order valence-electron chi connectivity index (χ3n) is 4.92. The van der Waals surface area contributed by atoms with Crippen LogP contribution >= 0.6 is 0 Å². The summed E-state index contributed by atoms with van der Waals surface area (Å²) in [6.45, 7) is 5.07. The molecule has 0 unspecified atom stereocenters. The Morgan fingerprint density at radius 3 is 2.19 bits per heavy atom. The highest BCUT2D eigenvalue weighted by molar-refractivity contribution is 5.58. The van der Waals surface area contributed by atoms with Crippen LogP contribution in [0.5, 0.6) is 0 Å². The van der Waals surface area contributed by atoms with Crippen LogP contribution in [0, 0.1) is 13.8 Å². The molecule has 0 spiro atoms. The minimum Gasteiger partial charge on any atom is -0.366 e. The number of pyridine rings is 1. The molecule has 136 valence electrons. The third kappa shape index (κ3) is 3.87. The fraction of sp³-hybridized carbons (Fsp3) is 0.208. The number of fused-ring (bicyclic) bond motifs is 1. The zero-order valence-electron chi connectivity index (χ0n) is 15.9. The molecule has 0 saturated heterocycles. The number of anilines is 1. The third-order valence-corrected chi connectivity index (χ3v) is 4.92. The summed E-state index contributed by atoms with van der Waals surface area (Å²) in [6, 6.07) is 25.5. The number of rotatable bonds is 6. The first-order chi connectivity index (χ1) is 13.2. The van der Waals surface area contributed by atoms with Crippen LogP contribution in [0.3, 0.4) is 0 Å². The Bertz CT molecular complexity index is 1030. The maximum absolute atomic E-state index is 4.96. The van der Waals surface area contributed by atoms with Crippen LogP contribution in [0.25, 0.3) is 5.65 Å². The number of hydrogen-bond acceptors (Lipinski definition) is 2. The highest BCUT2D eigenvalue weighted by Gasteiger charge is 2.14. The van der Waals surface area contributed by atoms with Gasteiger partial charge in [-0.25, -0.2) is 4.98 Å². The van der Waals surface area contributed by atoms with E-state index in [9.17, 15) is 0 Å². The fourth-order valence-corrected chi connectivity index (χ4v) is 3.62. The van der Waals surface area contributed by atoms with Crippen molar-refractivity contribution in [3.8, 4) is 0 Å². The SMILES string of the molecule is Cc1cc(C)n2c(NCc3ccccc3)c(CCc3ccccc3)nc2c1. The van der Waals surface area contributed by atoms with Crippen LogP contribution in [-0.4, -0.2) is 9.38 Å². The zero-order valence-corrected chi connectivity index (χ0v) is 15.9. The van der Waals surface area contributed by atoms with Gasteiger partial charge in [-0.3, -0.25) is 4.40 Å². The van der Waals surface area contributed by atoms with Gasteiger partial charge in [-0.15, -0.1) is 0 Å². The lowest BCUT2D eigenvalue weighted by molar-refractivity contribution is 0.921. The molecule has 0 aliphatic heterocycles. The molecule has 0 fully saturated rings. The van der Waals surface area contributed by atoms with Gasteiger partial charge in [0.2, 0.25) is 0 Å². The van der Waals surface area contributed by atoms with Crippen molar-refractivity contribution in [2.75, 3.05) is 5.32 Å². The van der Waals surface area contributed by atoms with Crippen LogP contribution < -0.4 is 5.32 Å². The number of hydrogen-bond donors (Lipinski definition) is 1. The van der Waals surface area contributed by atoms with E-state index in [0.29, 0.717) is 0 Å². The number of aromatic nitrogens is 2. The van der Waals surface area contributed by atoms with Crippen molar-refractivity contribution in [3.05, 3.63) is 101 Å². The average molecular weight is 355 g/mol. The lowest BCUT2D eigenvalue weighted by Crippen LogP contribution is -2.06. The van der Waals surface area contributed by atoms with Gasteiger partial charge in [0.15, 0.2) is 0 Å². The smallest absolute Gasteiger partial charge is 0.139 e. The summed E-state index contributed by atoms with van der Waals surface area (Å²) < 4.78 is 2.25. The molecular weight excluding hydrogens is 330 g/mol. The molecule has 2 aromatic heterocycles. The highest BCUT2D eigenvalue weighted by Crippen LogP contribution is 2.24. The second-order valence-corrected chi connectivity index (χ2v) is 7.10. The summed E-state index contributed by atoms with van der Waals surface area (Å²) in [5, 5.41) is 3.65. The van der Waals surface area contributed by atoms with E-state index >= 15 is 0 Å². The van der Waals surface area contributed by atoms with Gasteiger partial charge < -0.3 is 5.32 Å². The van der Waals surface area contributed by atoms with E-state index in [4.69, 9.17) is 4.98 Å². The molecule has 0 radical (unpaired) electrons. The van der Waals surface area contributed by atoms with Gasteiger partial charge in [0.05, 0.1) is 5.69 Å². The number of nitrogens with zero attached hydrogens (tertiary/aromatic N) is 2. The van der Waals surface area contributed by atoms with Crippen molar-refractivity contribution in [2.24, 2.45) is 0 Å². The Balaban J connectivity index is 1.67. The van der Waals surface area contributed by atoms with Crippen LogP contribution in [-0.2, 0) is 19.4 Å². The van der Waals surface area contributed by atoms with Crippen LogP contribution in [0.15, 0.2) is 72.8 Å². The molecule has 2 heterocycles. The molecule has 3 nitrogen and oxygen atoms in total. The molecule has 1 N–H and O–H groups in total. The van der Waals surface area contributed by atoms with E-state index in [-0.39, 0.29) is 0 Å². The molecule has 0 bridgehead atoms. The Kier molecular flexibility index (Phi) is 4.93. The van der Waals surface area contributed by atoms with Crippen LogP contribution in [0.2, 0.25) is 0 Å². The quantitative estimate of drug-likeness (QED) is 0.505. The normalized spacial score (nSPS) is 11.0. The van der Waals surface area contributed by atoms with Crippen molar-refractivity contribution >= 4 is 11.5 Å². The average Bonchev–Trinajstić information content (AvgIpc) is 3.04. The van der Waals surface area contributed by atoms with E-state index < -0.39 is 0 Å². The number of aryl methyl sites for hydroxylation is 4. The van der Waals surface area contributed by atoms with Gasteiger partial charge in [-0.05, 0) is 55.5 Å². The van der Waals surface area contributed by atoms with E-state index in [0.717, 1.165) is 36.5 Å². The molecule has 4 rings (SSSR count). The van der Waals surface area contributed by atoms with Crippen LogP contribution in [0.4, 0.5) is 5.82 Å². The van der Waals surface area contributed by atoms with Crippen molar-refractivity contribution < 1.29 is 0 Å². The summed E-state index contributed by atoms with van der Waals surface area (Å²) in [7, 11) is 0. The highest BCUT2D eigenvalue weighted by atomic mass is 15.1. The lowest BCUT2D eigenvalue weighted by atomic mass is 10.1. The van der Waals surface area contributed by atoms with Gasteiger partial charge in [-0.1, -0.05) is 60.7 Å². The van der Waals surface area contributed by atoms with Crippen LogP contribution in [0.1, 0.15) is 28.1 Å². The second kappa shape index (κ2) is 7.67. The maximum Gasteiger partial charge on any atom is 0.139 e. The Morgan fingerprint density at radius 2 is 1.48 bits per heavy atom. The summed E-state index contributed by atoms with van der Waals surface area (Å²) in [4.78, 5) is 4.96. The first kappa shape index (κ1) is 17.3. The molecular formula is C24H25N3. The Labute approximate surface area is 160 Å². The van der Waals surface area contributed by atoms with Crippen molar-refractivity contribution in [1.82, 2.24) is 9.38 Å². The van der Waals surface area contributed by atoms with Gasteiger partial charge in [0, 0.05) is 12.2 Å². The fourth-order valence-electron chi connectivity index (χ4n) is 3.62. The zero-order chi connectivity index (χ0) is 18.6. The molecule has 0 aliphatic rings. The minimum atomic E-state index is 0.792. The molecule has 3 heteroatoms. The lowest BCUT2D eigenvalue weighted by Gasteiger charge is -2.11. The number of nitrogens with one attached hydrogen (secondary N) is 1. The van der Waals surface area contributed by atoms with Gasteiger partial charge in [0.1, 0.15) is 11.5 Å². The second-order valence-electron chi connectivity index (χ2n) is 7.10. The first-order valence-corrected chi connectivity index (χ1v) is 9.51. The maximum atomic E-state index is 4.96. The van der Waals surface area contributed by atoms with E-state index in [2.05, 4.69) is 96.4 Å². The van der Waals surface area contributed by atoms with Crippen molar-refractivity contribution in [2.45, 2.75) is 33.2 Å². The molecule has 0 atom stereocenters.